The second kappa shape index (κ2) is 4.31. The molecule has 2 aromatic rings. The molecule has 0 unspecified atom stereocenters. The van der Waals surface area contributed by atoms with E-state index < -0.39 is 0 Å². The van der Waals surface area contributed by atoms with Crippen LogP contribution in [-0.2, 0) is 13.1 Å². The molecule has 0 spiro atoms. The number of aromatic nitrogens is 2. The molecule has 0 radical (unpaired) electrons. The van der Waals surface area contributed by atoms with Gasteiger partial charge in [0.2, 0.25) is 0 Å². The molecule has 0 saturated carbocycles. The average Bonchev–Trinajstić information content (AvgIpc) is 2.82. The van der Waals surface area contributed by atoms with Crippen LogP contribution in [0.4, 0.5) is 0 Å². The molecule has 0 aromatic carbocycles. The molecule has 80 valence electrons. The molecule has 0 amide bonds. The van der Waals surface area contributed by atoms with Crippen LogP contribution < -0.4 is 5.32 Å². The van der Waals surface area contributed by atoms with E-state index in [1.54, 1.807) is 6.26 Å². The Hall–Kier alpha value is -1.55. The first kappa shape index (κ1) is 9.98. The Labute approximate surface area is 88.7 Å². The molecule has 4 nitrogen and oxygen atoms in total. The van der Waals surface area contributed by atoms with E-state index >= 15 is 0 Å². The number of hydrogen-bond donors (Lipinski definition) is 2. The summed E-state index contributed by atoms with van der Waals surface area (Å²) in [5.74, 6) is 0.953. The van der Waals surface area contributed by atoms with Crippen molar-refractivity contribution in [2.75, 3.05) is 0 Å². The predicted octanol–water partition coefficient (Wildman–Crippen LogP) is 1.91. The third kappa shape index (κ3) is 2.27. The SMILES string of the molecule is Cc1n[nH]c(C)c1CNCc1ccco1. The number of nitrogens with zero attached hydrogens (tertiary/aromatic N) is 1. The lowest BCUT2D eigenvalue weighted by Crippen LogP contribution is -2.13. The van der Waals surface area contributed by atoms with Gasteiger partial charge in [0, 0.05) is 17.8 Å². The quantitative estimate of drug-likeness (QED) is 0.801. The molecule has 2 rings (SSSR count). The smallest absolute Gasteiger partial charge is 0.117 e. The summed E-state index contributed by atoms with van der Waals surface area (Å²) in [6.07, 6.45) is 1.69. The van der Waals surface area contributed by atoms with Gasteiger partial charge in [-0.25, -0.2) is 0 Å². The van der Waals surface area contributed by atoms with Gasteiger partial charge in [0.25, 0.3) is 0 Å². The highest BCUT2D eigenvalue weighted by atomic mass is 16.3. The Balaban J connectivity index is 1.89. The zero-order valence-corrected chi connectivity index (χ0v) is 9.00. The number of aryl methyl sites for hydroxylation is 2. The summed E-state index contributed by atoms with van der Waals surface area (Å²) in [4.78, 5) is 0. The van der Waals surface area contributed by atoms with Gasteiger partial charge in [-0.15, -0.1) is 0 Å². The maximum Gasteiger partial charge on any atom is 0.117 e. The monoisotopic (exact) mass is 205 g/mol. The summed E-state index contributed by atoms with van der Waals surface area (Å²) < 4.78 is 5.23. The summed E-state index contributed by atoms with van der Waals surface area (Å²) in [5.41, 5.74) is 3.42. The van der Waals surface area contributed by atoms with Crippen molar-refractivity contribution in [1.29, 1.82) is 0 Å². The van der Waals surface area contributed by atoms with Gasteiger partial charge in [0.15, 0.2) is 0 Å². The highest BCUT2D eigenvalue weighted by Crippen LogP contribution is 2.09. The number of aromatic amines is 1. The molecule has 0 saturated heterocycles. The van der Waals surface area contributed by atoms with E-state index in [0.717, 1.165) is 30.2 Å². The maximum atomic E-state index is 5.23. The summed E-state index contributed by atoms with van der Waals surface area (Å²) in [5, 5.41) is 10.4. The number of rotatable bonds is 4. The predicted molar refractivity (Wildman–Crippen MR) is 57.3 cm³/mol. The van der Waals surface area contributed by atoms with E-state index in [2.05, 4.69) is 15.5 Å². The average molecular weight is 205 g/mol. The summed E-state index contributed by atoms with van der Waals surface area (Å²) >= 11 is 0. The third-order valence-corrected chi connectivity index (χ3v) is 2.46. The summed E-state index contributed by atoms with van der Waals surface area (Å²) in [6, 6.07) is 3.85. The summed E-state index contributed by atoms with van der Waals surface area (Å²) in [6.45, 7) is 5.60. The van der Waals surface area contributed by atoms with Gasteiger partial charge in [-0.3, -0.25) is 5.10 Å². The van der Waals surface area contributed by atoms with Crippen molar-refractivity contribution in [2.45, 2.75) is 26.9 Å². The van der Waals surface area contributed by atoms with Crippen molar-refractivity contribution in [3.8, 4) is 0 Å². The van der Waals surface area contributed by atoms with E-state index in [0.29, 0.717) is 0 Å². The number of hydrogen-bond acceptors (Lipinski definition) is 3. The first-order chi connectivity index (χ1) is 7.27. The highest BCUT2D eigenvalue weighted by molar-refractivity contribution is 5.22. The first-order valence-corrected chi connectivity index (χ1v) is 5.01. The van der Waals surface area contributed by atoms with Crippen molar-refractivity contribution >= 4 is 0 Å². The fourth-order valence-electron chi connectivity index (χ4n) is 1.56. The summed E-state index contributed by atoms with van der Waals surface area (Å²) in [7, 11) is 0. The number of furan rings is 1. The number of H-pyrrole nitrogens is 1. The molecule has 2 aromatic heterocycles. The molecule has 15 heavy (non-hydrogen) atoms. The maximum absolute atomic E-state index is 5.23. The molecule has 0 aliphatic rings. The van der Waals surface area contributed by atoms with Gasteiger partial charge in [0.05, 0.1) is 18.5 Å². The van der Waals surface area contributed by atoms with E-state index in [9.17, 15) is 0 Å². The van der Waals surface area contributed by atoms with Crippen LogP contribution in [0.2, 0.25) is 0 Å². The Morgan fingerprint density at radius 1 is 1.40 bits per heavy atom. The van der Waals surface area contributed by atoms with Gasteiger partial charge in [-0.2, -0.15) is 5.10 Å². The largest absolute Gasteiger partial charge is 0.468 e. The molecule has 0 bridgehead atoms. The molecule has 0 aliphatic carbocycles. The van der Waals surface area contributed by atoms with Crippen LogP contribution in [0.15, 0.2) is 22.8 Å². The van der Waals surface area contributed by atoms with Gasteiger partial charge in [-0.1, -0.05) is 0 Å². The van der Waals surface area contributed by atoms with Gasteiger partial charge >= 0.3 is 0 Å². The minimum atomic E-state index is 0.747. The molecule has 2 heterocycles. The minimum absolute atomic E-state index is 0.747. The van der Waals surface area contributed by atoms with Crippen molar-refractivity contribution in [3.63, 3.8) is 0 Å². The van der Waals surface area contributed by atoms with E-state index in [4.69, 9.17) is 4.42 Å². The zero-order valence-electron chi connectivity index (χ0n) is 9.00. The molecule has 0 fully saturated rings. The van der Waals surface area contributed by atoms with E-state index in [1.165, 1.54) is 5.56 Å². The van der Waals surface area contributed by atoms with Crippen LogP contribution in [0.5, 0.6) is 0 Å². The topological polar surface area (TPSA) is 53.9 Å². The molecule has 0 aliphatic heterocycles. The highest BCUT2D eigenvalue weighted by Gasteiger charge is 2.05. The Bertz CT molecular complexity index is 397. The van der Waals surface area contributed by atoms with Crippen LogP contribution >= 0.6 is 0 Å². The molecular weight excluding hydrogens is 190 g/mol. The molecule has 4 heteroatoms. The lowest BCUT2D eigenvalue weighted by Gasteiger charge is -2.02. The standard InChI is InChI=1S/C11H15N3O/c1-8-11(9(2)14-13-8)7-12-6-10-4-3-5-15-10/h3-5,12H,6-7H2,1-2H3,(H,13,14). The molecule has 0 atom stereocenters. The van der Waals surface area contributed by atoms with Crippen molar-refractivity contribution in [2.24, 2.45) is 0 Å². The fraction of sp³-hybridized carbons (Fsp3) is 0.364. The second-order valence-corrected chi connectivity index (χ2v) is 3.60. The molecular formula is C11H15N3O. The van der Waals surface area contributed by atoms with Crippen LogP contribution in [0.3, 0.4) is 0 Å². The van der Waals surface area contributed by atoms with Crippen molar-refractivity contribution < 1.29 is 4.42 Å². The zero-order chi connectivity index (χ0) is 10.7. The van der Waals surface area contributed by atoms with Crippen LogP contribution in [0.1, 0.15) is 22.7 Å². The van der Waals surface area contributed by atoms with Crippen LogP contribution in [0.25, 0.3) is 0 Å². The van der Waals surface area contributed by atoms with Crippen LogP contribution in [-0.4, -0.2) is 10.2 Å². The van der Waals surface area contributed by atoms with Crippen molar-refractivity contribution in [3.05, 3.63) is 41.1 Å². The normalized spacial score (nSPS) is 10.8. The number of nitrogens with one attached hydrogen (secondary N) is 2. The van der Waals surface area contributed by atoms with Crippen LogP contribution in [0, 0.1) is 13.8 Å². The second-order valence-electron chi connectivity index (χ2n) is 3.60. The Morgan fingerprint density at radius 2 is 2.27 bits per heavy atom. The molecule has 2 N–H and O–H groups in total. The lowest BCUT2D eigenvalue weighted by molar-refractivity contribution is 0.482. The Morgan fingerprint density at radius 3 is 2.87 bits per heavy atom. The third-order valence-electron chi connectivity index (χ3n) is 2.46. The minimum Gasteiger partial charge on any atom is -0.468 e. The van der Waals surface area contributed by atoms with E-state index in [-0.39, 0.29) is 0 Å². The first-order valence-electron chi connectivity index (χ1n) is 5.01. The lowest BCUT2D eigenvalue weighted by atomic mass is 10.2. The van der Waals surface area contributed by atoms with E-state index in [1.807, 2.05) is 26.0 Å². The Kier molecular flexibility index (Phi) is 2.87. The fourth-order valence-corrected chi connectivity index (χ4v) is 1.56. The van der Waals surface area contributed by atoms with Gasteiger partial charge < -0.3 is 9.73 Å². The van der Waals surface area contributed by atoms with Gasteiger partial charge in [-0.05, 0) is 26.0 Å². The van der Waals surface area contributed by atoms with Crippen molar-refractivity contribution in [1.82, 2.24) is 15.5 Å². The van der Waals surface area contributed by atoms with Gasteiger partial charge in [0.1, 0.15) is 5.76 Å².